The second-order valence-electron chi connectivity index (χ2n) is 11.1. The number of carbonyl (C=O) groups is 2. The minimum absolute atomic E-state index is 0.00355. The standard InChI is InChI=1S/C36H28N2O4S/c1-24-19-21-27(22-20-24)43(41,42)38-32(26-12-4-3-5-13-26)23-36(30-17-8-9-18-31(30)37(2)35(36)40)33(34(38)39)29-16-10-14-25-11-6-7-15-28(25)29/h3-23,33H,1-2H3/t33-,36+/m1/s1. The van der Waals surface area contributed by atoms with Crippen LogP contribution in [0.4, 0.5) is 5.69 Å². The van der Waals surface area contributed by atoms with Crippen molar-refractivity contribution in [2.75, 3.05) is 11.9 Å². The third-order valence-corrected chi connectivity index (χ3v) is 10.3. The van der Waals surface area contributed by atoms with Crippen molar-refractivity contribution in [3.8, 4) is 0 Å². The van der Waals surface area contributed by atoms with E-state index < -0.39 is 27.3 Å². The molecule has 212 valence electrons. The van der Waals surface area contributed by atoms with E-state index in [0.717, 1.165) is 20.6 Å². The summed E-state index contributed by atoms with van der Waals surface area (Å²) in [7, 11) is -2.68. The number of para-hydroxylation sites is 1. The third-order valence-electron chi connectivity index (χ3n) is 8.62. The summed E-state index contributed by atoms with van der Waals surface area (Å²) in [5.41, 5.74) is 2.01. The number of benzene rings is 5. The molecule has 0 aromatic heterocycles. The molecule has 0 saturated heterocycles. The van der Waals surface area contributed by atoms with E-state index in [1.807, 2.05) is 79.7 Å². The zero-order valence-corrected chi connectivity index (χ0v) is 24.5. The fourth-order valence-corrected chi connectivity index (χ4v) is 8.03. The van der Waals surface area contributed by atoms with Crippen LogP contribution in [0.3, 0.4) is 0 Å². The molecule has 7 rings (SSSR count). The third kappa shape index (κ3) is 3.88. The Hall–Kier alpha value is -5.01. The highest BCUT2D eigenvalue weighted by Gasteiger charge is 2.61. The van der Waals surface area contributed by atoms with Gasteiger partial charge in [0.05, 0.1) is 16.5 Å². The predicted molar refractivity (Wildman–Crippen MR) is 168 cm³/mol. The van der Waals surface area contributed by atoms with Gasteiger partial charge in [-0.05, 0) is 58.7 Å². The average molecular weight is 585 g/mol. The number of hydrogen-bond acceptors (Lipinski definition) is 4. The van der Waals surface area contributed by atoms with Gasteiger partial charge in [-0.2, -0.15) is 0 Å². The molecule has 0 unspecified atom stereocenters. The van der Waals surface area contributed by atoms with Gasteiger partial charge in [0.1, 0.15) is 5.41 Å². The Bertz CT molecular complexity index is 2060. The number of likely N-dealkylation sites (N-methyl/N-ethyl adjacent to an activating group) is 1. The van der Waals surface area contributed by atoms with Crippen molar-refractivity contribution in [1.82, 2.24) is 4.31 Å². The Morgan fingerprint density at radius 1 is 0.721 bits per heavy atom. The Balaban J connectivity index is 1.61. The molecule has 0 aliphatic carbocycles. The average Bonchev–Trinajstić information content (AvgIpc) is 3.23. The van der Waals surface area contributed by atoms with Gasteiger partial charge in [0, 0.05) is 12.7 Å². The monoisotopic (exact) mass is 584 g/mol. The van der Waals surface area contributed by atoms with Crippen molar-refractivity contribution in [2.45, 2.75) is 23.2 Å². The van der Waals surface area contributed by atoms with E-state index in [-0.39, 0.29) is 16.5 Å². The molecular formula is C36H28N2O4S. The van der Waals surface area contributed by atoms with Crippen LogP contribution < -0.4 is 4.90 Å². The number of rotatable bonds is 4. The summed E-state index contributed by atoms with van der Waals surface area (Å²) in [5, 5.41) is 1.67. The Morgan fingerprint density at radius 2 is 1.37 bits per heavy atom. The van der Waals surface area contributed by atoms with E-state index in [0.29, 0.717) is 22.4 Å². The van der Waals surface area contributed by atoms with Crippen LogP contribution >= 0.6 is 0 Å². The number of anilines is 1. The van der Waals surface area contributed by atoms with Crippen molar-refractivity contribution >= 4 is 44.0 Å². The van der Waals surface area contributed by atoms with E-state index in [1.54, 1.807) is 54.4 Å². The quantitative estimate of drug-likeness (QED) is 0.244. The normalized spacial score (nSPS) is 20.0. The predicted octanol–water partition coefficient (Wildman–Crippen LogP) is 6.42. The molecule has 2 aliphatic heterocycles. The first kappa shape index (κ1) is 26.9. The first-order chi connectivity index (χ1) is 20.7. The van der Waals surface area contributed by atoms with Crippen LogP contribution in [0.2, 0.25) is 0 Å². The fraction of sp³-hybridized carbons (Fsp3) is 0.111. The molecule has 43 heavy (non-hydrogen) atoms. The number of sulfonamides is 1. The number of fused-ring (bicyclic) bond motifs is 3. The SMILES string of the molecule is Cc1ccc(S(=O)(=O)N2C(=O)[C@@H](c3cccc4ccccc34)[C@@]3(C=C2c2ccccc2)C(=O)N(C)c2ccccc23)cc1. The molecule has 2 atom stereocenters. The van der Waals surface area contributed by atoms with Crippen LogP contribution in [0.5, 0.6) is 0 Å². The van der Waals surface area contributed by atoms with E-state index >= 15 is 4.79 Å². The smallest absolute Gasteiger partial charge is 0.270 e. The molecule has 7 heteroatoms. The first-order valence-corrected chi connectivity index (χ1v) is 15.5. The number of hydrogen-bond donors (Lipinski definition) is 0. The highest BCUT2D eigenvalue weighted by Crippen LogP contribution is 2.56. The Kier molecular flexibility index (Phi) is 6.11. The number of carbonyl (C=O) groups excluding carboxylic acids is 2. The molecule has 2 heterocycles. The van der Waals surface area contributed by atoms with Crippen molar-refractivity contribution in [3.63, 3.8) is 0 Å². The fourth-order valence-electron chi connectivity index (χ4n) is 6.58. The summed E-state index contributed by atoms with van der Waals surface area (Å²) < 4.78 is 29.9. The highest BCUT2D eigenvalue weighted by molar-refractivity contribution is 7.90. The summed E-state index contributed by atoms with van der Waals surface area (Å²) >= 11 is 0. The van der Waals surface area contributed by atoms with Crippen molar-refractivity contribution < 1.29 is 18.0 Å². The van der Waals surface area contributed by atoms with Gasteiger partial charge in [0.15, 0.2) is 0 Å². The van der Waals surface area contributed by atoms with E-state index in [9.17, 15) is 13.2 Å². The summed E-state index contributed by atoms with van der Waals surface area (Å²) in [6.45, 7) is 1.87. The lowest BCUT2D eigenvalue weighted by molar-refractivity contribution is -0.133. The van der Waals surface area contributed by atoms with Crippen LogP contribution in [0, 0.1) is 6.92 Å². The lowest BCUT2D eigenvalue weighted by Gasteiger charge is -2.42. The number of nitrogens with zero attached hydrogens (tertiary/aromatic N) is 2. The van der Waals surface area contributed by atoms with Gasteiger partial charge in [-0.15, -0.1) is 0 Å². The molecule has 6 nitrogen and oxygen atoms in total. The maximum atomic E-state index is 15.2. The largest absolute Gasteiger partial charge is 0.314 e. The van der Waals surface area contributed by atoms with Gasteiger partial charge in [-0.25, -0.2) is 12.7 Å². The highest BCUT2D eigenvalue weighted by atomic mass is 32.2. The van der Waals surface area contributed by atoms with Crippen molar-refractivity contribution in [1.29, 1.82) is 0 Å². The molecule has 5 aromatic rings. The van der Waals surface area contributed by atoms with Crippen molar-refractivity contribution in [3.05, 3.63) is 150 Å². The second-order valence-corrected chi connectivity index (χ2v) is 12.9. The van der Waals surface area contributed by atoms with Crippen LogP contribution in [0.1, 0.15) is 28.2 Å². The lowest BCUT2D eigenvalue weighted by atomic mass is 9.64. The zero-order valence-electron chi connectivity index (χ0n) is 23.6. The molecular weight excluding hydrogens is 556 g/mol. The summed E-state index contributed by atoms with van der Waals surface area (Å²) in [6.07, 6.45) is 1.71. The molecule has 5 aromatic carbocycles. The van der Waals surface area contributed by atoms with Crippen LogP contribution in [0.25, 0.3) is 16.5 Å². The molecule has 1 spiro atoms. The summed E-state index contributed by atoms with van der Waals surface area (Å²) in [6, 6.07) is 36.1. The minimum Gasteiger partial charge on any atom is -0.314 e. The van der Waals surface area contributed by atoms with Crippen LogP contribution in [-0.2, 0) is 25.0 Å². The number of amides is 2. The molecule has 0 saturated carbocycles. The lowest BCUT2D eigenvalue weighted by Crippen LogP contribution is -2.54. The van der Waals surface area contributed by atoms with Crippen LogP contribution in [-0.4, -0.2) is 31.6 Å². The summed E-state index contributed by atoms with van der Waals surface area (Å²) in [4.78, 5) is 31.4. The summed E-state index contributed by atoms with van der Waals surface area (Å²) in [5.74, 6) is -2.14. The van der Waals surface area contributed by atoms with Gasteiger partial charge < -0.3 is 4.90 Å². The van der Waals surface area contributed by atoms with E-state index in [4.69, 9.17) is 0 Å². The van der Waals surface area contributed by atoms with Gasteiger partial charge in [0.25, 0.3) is 10.0 Å². The minimum atomic E-state index is -4.38. The zero-order chi connectivity index (χ0) is 29.9. The first-order valence-electron chi connectivity index (χ1n) is 14.0. The molecule has 2 amide bonds. The Labute approximate surface area is 250 Å². The maximum Gasteiger partial charge on any atom is 0.270 e. The van der Waals surface area contributed by atoms with Gasteiger partial charge >= 0.3 is 0 Å². The second kappa shape index (κ2) is 9.78. The molecule has 2 aliphatic rings. The van der Waals surface area contributed by atoms with Gasteiger partial charge in [-0.1, -0.05) is 109 Å². The number of aryl methyl sites for hydroxylation is 1. The maximum absolute atomic E-state index is 15.2. The van der Waals surface area contributed by atoms with Gasteiger partial charge in [-0.3, -0.25) is 9.59 Å². The van der Waals surface area contributed by atoms with E-state index in [2.05, 4.69) is 0 Å². The van der Waals surface area contributed by atoms with Crippen LogP contribution in [0.15, 0.2) is 132 Å². The molecule has 0 fully saturated rings. The van der Waals surface area contributed by atoms with Crippen molar-refractivity contribution in [2.24, 2.45) is 0 Å². The molecule has 0 radical (unpaired) electrons. The molecule has 0 bridgehead atoms. The molecule has 0 N–H and O–H groups in total. The Morgan fingerprint density at radius 3 is 2.14 bits per heavy atom. The van der Waals surface area contributed by atoms with E-state index in [1.165, 1.54) is 12.1 Å². The van der Waals surface area contributed by atoms with Gasteiger partial charge in [0.2, 0.25) is 11.8 Å². The topological polar surface area (TPSA) is 74.8 Å².